The van der Waals surface area contributed by atoms with Crippen LogP contribution in [0.5, 0.6) is 0 Å². The van der Waals surface area contributed by atoms with Crippen LogP contribution in [-0.4, -0.2) is 16.0 Å². The van der Waals surface area contributed by atoms with Gasteiger partial charge in [0.15, 0.2) is 5.60 Å². The maximum atomic E-state index is 14.0. The van der Waals surface area contributed by atoms with Gasteiger partial charge >= 0.3 is 0 Å². The van der Waals surface area contributed by atoms with E-state index in [-0.39, 0.29) is 11.9 Å². The quantitative estimate of drug-likeness (QED) is 0.662. The normalized spacial score (nSPS) is 12.0. The van der Waals surface area contributed by atoms with E-state index in [2.05, 4.69) is 31.9 Å². The van der Waals surface area contributed by atoms with Gasteiger partial charge in [0.2, 0.25) is 0 Å². The van der Waals surface area contributed by atoms with Crippen molar-refractivity contribution < 1.29 is 13.9 Å². The van der Waals surface area contributed by atoms with E-state index in [0.29, 0.717) is 41.3 Å². The van der Waals surface area contributed by atoms with Gasteiger partial charge in [-0.3, -0.25) is 4.90 Å². The Kier molecular flexibility index (Phi) is 6.21. The average Bonchev–Trinajstić information content (AvgIpc) is 3.03. The third-order valence-electron chi connectivity index (χ3n) is 4.67. The van der Waals surface area contributed by atoms with Gasteiger partial charge < -0.3 is 9.52 Å². The summed E-state index contributed by atoms with van der Waals surface area (Å²) in [5.41, 5.74) is 0.371. The molecule has 0 aliphatic carbocycles. The molecule has 0 saturated heterocycles. The molecule has 0 saturated carbocycles. The molecule has 0 fully saturated rings. The van der Waals surface area contributed by atoms with Crippen molar-refractivity contribution in [2.24, 2.45) is 0 Å². The lowest BCUT2D eigenvalue weighted by Crippen LogP contribution is -2.30. The van der Waals surface area contributed by atoms with Crippen LogP contribution in [0.25, 0.3) is 0 Å². The minimum Gasteiger partial charge on any atom is -0.461 e. The lowest BCUT2D eigenvalue weighted by atomic mass is 9.87. The van der Waals surface area contributed by atoms with E-state index >= 15 is 0 Å². The minimum atomic E-state index is -1.38. The van der Waals surface area contributed by atoms with E-state index < -0.39 is 5.60 Å². The molecule has 0 radical (unpaired) electrons. The number of hydrogen-bond acceptors (Lipinski definition) is 3. The highest BCUT2D eigenvalue weighted by atomic mass is 19.1. The van der Waals surface area contributed by atoms with Gasteiger partial charge in [-0.25, -0.2) is 4.39 Å². The Labute approximate surface area is 155 Å². The molecule has 1 N–H and O–H groups in total. The van der Waals surface area contributed by atoms with Gasteiger partial charge in [-0.2, -0.15) is 0 Å². The van der Waals surface area contributed by atoms with Gasteiger partial charge in [-0.15, -0.1) is 0 Å². The zero-order chi connectivity index (χ0) is 19.5. The molecule has 4 heteroatoms. The van der Waals surface area contributed by atoms with Crippen LogP contribution < -0.4 is 0 Å². The number of rotatable bonds is 8. The molecule has 0 unspecified atom stereocenters. The van der Waals surface area contributed by atoms with Crippen LogP contribution in [0.4, 0.5) is 4.39 Å². The van der Waals surface area contributed by atoms with E-state index in [1.165, 1.54) is 6.07 Å². The molecule has 1 aromatic heterocycles. The van der Waals surface area contributed by atoms with E-state index in [4.69, 9.17) is 4.42 Å². The molecule has 0 atom stereocenters. The molecule has 0 aliphatic heterocycles. The Bertz CT molecular complexity index is 777. The highest BCUT2D eigenvalue weighted by molar-refractivity contribution is 5.35. The molecular weight excluding hydrogens is 329 g/mol. The summed E-state index contributed by atoms with van der Waals surface area (Å²) in [5, 5.41) is 10.9. The molecule has 0 amide bonds. The number of furan rings is 1. The van der Waals surface area contributed by atoms with Crippen LogP contribution in [-0.2, 0) is 18.7 Å². The summed E-state index contributed by atoms with van der Waals surface area (Å²) >= 11 is 0. The van der Waals surface area contributed by atoms with Crippen molar-refractivity contribution in [3.05, 3.63) is 83.6 Å². The lowest BCUT2D eigenvalue weighted by molar-refractivity contribution is 0.0868. The van der Waals surface area contributed by atoms with Gasteiger partial charge in [-0.1, -0.05) is 31.4 Å². The molecular formula is C22H28FNO2. The van der Waals surface area contributed by atoms with Crippen LogP contribution in [0.1, 0.15) is 44.8 Å². The lowest BCUT2D eigenvalue weighted by Gasteiger charge is -2.28. The minimum absolute atomic E-state index is 0.198. The van der Waals surface area contributed by atoms with E-state index in [0.717, 1.165) is 0 Å². The van der Waals surface area contributed by atoms with Crippen molar-refractivity contribution in [2.75, 3.05) is 0 Å². The van der Waals surface area contributed by atoms with Crippen LogP contribution in [0.3, 0.4) is 0 Å². The molecule has 0 bridgehead atoms. The Hall–Kier alpha value is -2.17. The number of nitrogens with zero attached hydrogens (tertiary/aromatic N) is 1. The number of aliphatic hydroxyl groups is 1. The second-order valence-electron chi connectivity index (χ2n) is 7.13. The van der Waals surface area contributed by atoms with Crippen molar-refractivity contribution in [2.45, 2.75) is 52.4 Å². The fraction of sp³-hybridized carbons (Fsp3) is 0.364. The van der Waals surface area contributed by atoms with Gasteiger partial charge in [0.05, 0.1) is 6.54 Å². The predicted octanol–water partition coefficient (Wildman–Crippen LogP) is 5.17. The summed E-state index contributed by atoms with van der Waals surface area (Å²) in [6.45, 7) is 16.3. The fourth-order valence-corrected chi connectivity index (χ4v) is 2.91. The summed E-state index contributed by atoms with van der Waals surface area (Å²) in [6, 6.07) is 10.6. The smallest absolute Gasteiger partial charge is 0.163 e. The molecule has 26 heavy (non-hydrogen) atoms. The zero-order valence-electron chi connectivity index (χ0n) is 16.1. The number of hydrogen-bond donors (Lipinski definition) is 1. The summed E-state index contributed by atoms with van der Waals surface area (Å²) in [7, 11) is 0. The van der Waals surface area contributed by atoms with Crippen molar-refractivity contribution >= 4 is 0 Å². The second-order valence-corrected chi connectivity index (χ2v) is 7.13. The molecule has 3 nitrogen and oxygen atoms in total. The van der Waals surface area contributed by atoms with Crippen molar-refractivity contribution in [1.29, 1.82) is 0 Å². The van der Waals surface area contributed by atoms with Crippen LogP contribution >= 0.6 is 0 Å². The van der Waals surface area contributed by atoms with Crippen LogP contribution in [0.15, 0.2) is 65.1 Å². The summed E-state index contributed by atoms with van der Waals surface area (Å²) in [6.07, 6.45) is 0. The summed E-state index contributed by atoms with van der Waals surface area (Å²) in [5.74, 6) is 0.894. The standard InChI is InChI=1S/C22H28FNO2/c1-15(2)22(25,16(3)4)21-12-11-19(26-21)14-24(17(5)6)13-18-9-7-8-10-20(18)23/h7-12,17,25H,1,3,13-14H2,2,4-6H3. The Morgan fingerprint density at radius 1 is 1.12 bits per heavy atom. The number of halogens is 1. The van der Waals surface area contributed by atoms with Crippen molar-refractivity contribution in [3.63, 3.8) is 0 Å². The first-order chi connectivity index (χ1) is 12.2. The SMILES string of the molecule is C=C(C)C(O)(C(=C)C)c1ccc(CN(Cc2ccccc2F)C(C)C)o1. The Balaban J connectivity index is 2.23. The van der Waals surface area contributed by atoms with Gasteiger partial charge in [0.25, 0.3) is 0 Å². The van der Waals surface area contributed by atoms with Gasteiger partial charge in [0.1, 0.15) is 17.3 Å². The topological polar surface area (TPSA) is 36.6 Å². The highest BCUT2D eigenvalue weighted by Crippen LogP contribution is 2.36. The molecule has 140 valence electrons. The van der Waals surface area contributed by atoms with E-state index in [1.54, 1.807) is 32.0 Å². The maximum absolute atomic E-state index is 14.0. The van der Waals surface area contributed by atoms with Gasteiger partial charge in [0, 0.05) is 18.2 Å². The van der Waals surface area contributed by atoms with Crippen molar-refractivity contribution in [3.8, 4) is 0 Å². The molecule has 0 aliphatic rings. The largest absolute Gasteiger partial charge is 0.461 e. The van der Waals surface area contributed by atoms with Crippen LogP contribution in [0.2, 0.25) is 0 Å². The summed E-state index contributed by atoms with van der Waals surface area (Å²) < 4.78 is 19.9. The Morgan fingerprint density at radius 2 is 1.73 bits per heavy atom. The van der Waals surface area contributed by atoms with Crippen molar-refractivity contribution in [1.82, 2.24) is 4.90 Å². The maximum Gasteiger partial charge on any atom is 0.163 e. The first-order valence-electron chi connectivity index (χ1n) is 8.77. The third kappa shape index (κ3) is 4.14. The Morgan fingerprint density at radius 3 is 2.27 bits per heavy atom. The zero-order valence-corrected chi connectivity index (χ0v) is 16.1. The number of benzene rings is 1. The van der Waals surface area contributed by atoms with Gasteiger partial charge in [-0.05, 0) is 57.0 Å². The molecule has 1 aromatic carbocycles. The van der Waals surface area contributed by atoms with E-state index in [1.807, 2.05) is 12.1 Å². The molecule has 1 heterocycles. The predicted molar refractivity (Wildman–Crippen MR) is 103 cm³/mol. The monoisotopic (exact) mass is 357 g/mol. The molecule has 2 aromatic rings. The molecule has 0 spiro atoms. The first-order valence-corrected chi connectivity index (χ1v) is 8.77. The average molecular weight is 357 g/mol. The first kappa shape index (κ1) is 20.1. The third-order valence-corrected chi connectivity index (χ3v) is 4.67. The van der Waals surface area contributed by atoms with Crippen LogP contribution in [0, 0.1) is 5.82 Å². The fourth-order valence-electron chi connectivity index (χ4n) is 2.91. The van der Waals surface area contributed by atoms with E-state index in [9.17, 15) is 9.50 Å². The second kappa shape index (κ2) is 8.02. The highest BCUT2D eigenvalue weighted by Gasteiger charge is 2.35. The molecule has 2 rings (SSSR count). The summed E-state index contributed by atoms with van der Waals surface area (Å²) in [4.78, 5) is 2.11.